The summed E-state index contributed by atoms with van der Waals surface area (Å²) < 4.78 is 43.2. The van der Waals surface area contributed by atoms with Crippen LogP contribution in [0.2, 0.25) is 0 Å². The summed E-state index contributed by atoms with van der Waals surface area (Å²) in [5.41, 5.74) is 7.21. The van der Waals surface area contributed by atoms with E-state index in [1.165, 1.54) is 0 Å². The minimum Gasteiger partial charge on any atom is -0.439 e. The number of carbonyl (C=O) groups is 1. The number of oxazole rings is 1. The fourth-order valence-corrected chi connectivity index (χ4v) is 2.34. The van der Waals surface area contributed by atoms with E-state index < -0.39 is 24.8 Å². The molecule has 9 heteroatoms. The van der Waals surface area contributed by atoms with E-state index in [-0.39, 0.29) is 13.1 Å². The number of hydrogen-bond donors (Lipinski definition) is 2. The second-order valence-corrected chi connectivity index (χ2v) is 5.04. The quantitative estimate of drug-likeness (QED) is 0.904. The van der Waals surface area contributed by atoms with Crippen LogP contribution in [-0.4, -0.2) is 34.7 Å². The molecule has 22 heavy (non-hydrogen) atoms. The molecule has 3 N–H and O–H groups in total. The molecular weight excluding hydrogens is 301 g/mol. The highest BCUT2D eigenvalue weighted by Gasteiger charge is 2.46. The molecule has 0 bridgehead atoms. The van der Waals surface area contributed by atoms with Gasteiger partial charge in [-0.2, -0.15) is 13.2 Å². The first-order valence-corrected chi connectivity index (χ1v) is 6.57. The number of carbonyl (C=O) groups excluding carboxylic acids is 1. The molecule has 1 aliphatic rings. The van der Waals surface area contributed by atoms with Gasteiger partial charge in [-0.05, 0) is 17.7 Å². The average Bonchev–Trinajstić information content (AvgIpc) is 3.02. The number of amides is 2. The summed E-state index contributed by atoms with van der Waals surface area (Å²) >= 11 is 0. The lowest BCUT2D eigenvalue weighted by atomic mass is 10.2. The summed E-state index contributed by atoms with van der Waals surface area (Å²) in [6, 6.07) is 2.45. The maximum atomic E-state index is 12.6. The Bertz CT molecular complexity index is 713. The highest BCUT2D eigenvalue weighted by molar-refractivity contribution is 5.77. The van der Waals surface area contributed by atoms with Crippen molar-refractivity contribution in [3.8, 4) is 0 Å². The second kappa shape index (κ2) is 5.16. The molecule has 2 heterocycles. The van der Waals surface area contributed by atoms with Crippen molar-refractivity contribution in [1.29, 1.82) is 0 Å². The zero-order valence-corrected chi connectivity index (χ0v) is 11.4. The summed E-state index contributed by atoms with van der Waals surface area (Å²) in [5, 5.41) is 1.93. The number of alkyl halides is 3. The number of hydrogen-bond acceptors (Lipinski definition) is 4. The van der Waals surface area contributed by atoms with Crippen LogP contribution in [0.4, 0.5) is 18.0 Å². The number of fused-ring (bicyclic) bond motifs is 1. The van der Waals surface area contributed by atoms with E-state index in [0.717, 1.165) is 4.90 Å². The van der Waals surface area contributed by atoms with Crippen LogP contribution in [0, 0.1) is 0 Å². The Morgan fingerprint density at radius 2 is 2.23 bits per heavy atom. The second-order valence-electron chi connectivity index (χ2n) is 5.04. The van der Waals surface area contributed by atoms with Crippen molar-refractivity contribution in [3.63, 3.8) is 0 Å². The Hall–Kier alpha value is -2.29. The third-order valence-electron chi connectivity index (χ3n) is 3.43. The topological polar surface area (TPSA) is 84.4 Å². The van der Waals surface area contributed by atoms with Crippen LogP contribution in [0.3, 0.4) is 0 Å². The van der Waals surface area contributed by atoms with Gasteiger partial charge in [0.15, 0.2) is 5.58 Å². The molecule has 3 rings (SSSR count). The zero-order chi connectivity index (χ0) is 15.9. The van der Waals surface area contributed by atoms with Crippen LogP contribution in [0.25, 0.3) is 11.1 Å². The van der Waals surface area contributed by atoms with Crippen LogP contribution >= 0.6 is 0 Å². The Balaban J connectivity index is 1.77. The highest BCUT2D eigenvalue weighted by Crippen LogP contribution is 2.25. The van der Waals surface area contributed by atoms with Gasteiger partial charge in [0.05, 0.1) is 13.1 Å². The Labute approximate surface area is 123 Å². The molecule has 1 unspecified atom stereocenters. The minimum absolute atomic E-state index is 0.0686. The lowest BCUT2D eigenvalue weighted by Gasteiger charge is -2.15. The fraction of sp³-hybridized carbons (Fsp3) is 0.385. The summed E-state index contributed by atoms with van der Waals surface area (Å²) in [4.78, 5) is 16.9. The number of benzene rings is 1. The highest BCUT2D eigenvalue weighted by atomic mass is 19.4. The Morgan fingerprint density at radius 3 is 2.86 bits per heavy atom. The van der Waals surface area contributed by atoms with Crippen molar-refractivity contribution in [3.05, 3.63) is 29.7 Å². The number of urea groups is 1. The number of nitrogens with zero attached hydrogens (tertiary/aromatic N) is 2. The number of nitrogens with two attached hydrogens (primary N) is 1. The summed E-state index contributed by atoms with van der Waals surface area (Å²) in [6.07, 6.45) is -4.45. The third-order valence-corrected chi connectivity index (χ3v) is 3.43. The lowest BCUT2D eigenvalue weighted by Crippen LogP contribution is -2.40. The molecule has 0 radical (unpaired) electrons. The monoisotopic (exact) mass is 314 g/mol. The van der Waals surface area contributed by atoms with Crippen LogP contribution in [0.5, 0.6) is 0 Å². The summed E-state index contributed by atoms with van der Waals surface area (Å²) in [7, 11) is 0. The number of nitrogens with one attached hydrogen (secondary N) is 1. The first-order chi connectivity index (χ1) is 10.4. The Morgan fingerprint density at radius 1 is 1.45 bits per heavy atom. The van der Waals surface area contributed by atoms with Gasteiger partial charge in [0.1, 0.15) is 11.6 Å². The molecular formula is C13H13F3N4O2. The van der Waals surface area contributed by atoms with Crippen molar-refractivity contribution in [2.45, 2.75) is 25.3 Å². The van der Waals surface area contributed by atoms with Gasteiger partial charge in [-0.1, -0.05) is 6.07 Å². The van der Waals surface area contributed by atoms with E-state index in [9.17, 15) is 18.0 Å². The number of rotatable bonds is 3. The molecule has 1 fully saturated rings. The maximum absolute atomic E-state index is 12.6. The summed E-state index contributed by atoms with van der Waals surface area (Å²) in [6.45, 7) is -0.182. The van der Waals surface area contributed by atoms with Crippen molar-refractivity contribution in [2.75, 3.05) is 6.54 Å². The summed E-state index contributed by atoms with van der Waals surface area (Å²) in [5.74, 6) is 0.378. The van der Waals surface area contributed by atoms with Crippen molar-refractivity contribution >= 4 is 17.1 Å². The number of aromatic nitrogens is 1. The molecule has 0 saturated carbocycles. The maximum Gasteiger partial charge on any atom is 0.410 e. The van der Waals surface area contributed by atoms with Crippen molar-refractivity contribution in [1.82, 2.24) is 15.2 Å². The standard InChI is InChI=1S/C13H13F3N4O2/c14-13(15,16)10-6-20(12(21)19-10)5-7-1-2-9-8(3-7)18-11(4-17)22-9/h1-3,10H,4-6,17H2,(H,19,21). The number of halogens is 3. The van der Waals surface area contributed by atoms with E-state index in [0.29, 0.717) is 22.6 Å². The largest absolute Gasteiger partial charge is 0.439 e. The molecule has 0 spiro atoms. The molecule has 1 aromatic carbocycles. The van der Waals surface area contributed by atoms with E-state index >= 15 is 0 Å². The van der Waals surface area contributed by atoms with Gasteiger partial charge in [0, 0.05) is 6.54 Å². The van der Waals surface area contributed by atoms with E-state index in [1.807, 2.05) is 5.32 Å². The SMILES string of the molecule is NCc1nc2cc(CN3CC(C(F)(F)F)NC3=O)ccc2o1. The Kier molecular flexibility index (Phi) is 3.44. The molecule has 1 saturated heterocycles. The molecule has 0 aliphatic carbocycles. The van der Waals surface area contributed by atoms with Crippen LogP contribution in [-0.2, 0) is 13.1 Å². The predicted octanol–water partition coefficient (Wildman–Crippen LogP) is 1.74. The fourth-order valence-electron chi connectivity index (χ4n) is 2.34. The van der Waals surface area contributed by atoms with E-state index in [2.05, 4.69) is 4.98 Å². The van der Waals surface area contributed by atoms with E-state index in [4.69, 9.17) is 10.2 Å². The van der Waals surface area contributed by atoms with Gasteiger partial charge < -0.3 is 20.4 Å². The molecule has 1 aromatic heterocycles. The van der Waals surface area contributed by atoms with E-state index in [1.54, 1.807) is 18.2 Å². The van der Waals surface area contributed by atoms with Gasteiger partial charge in [0.25, 0.3) is 0 Å². The normalized spacial score (nSPS) is 19.0. The van der Waals surface area contributed by atoms with Gasteiger partial charge in [-0.3, -0.25) is 0 Å². The zero-order valence-electron chi connectivity index (χ0n) is 11.4. The average molecular weight is 314 g/mol. The van der Waals surface area contributed by atoms with Gasteiger partial charge in [-0.25, -0.2) is 9.78 Å². The predicted molar refractivity (Wildman–Crippen MR) is 70.7 cm³/mol. The lowest BCUT2D eigenvalue weighted by molar-refractivity contribution is -0.149. The molecule has 2 amide bonds. The smallest absolute Gasteiger partial charge is 0.410 e. The van der Waals surface area contributed by atoms with Crippen molar-refractivity contribution < 1.29 is 22.4 Å². The van der Waals surface area contributed by atoms with Gasteiger partial charge >= 0.3 is 12.2 Å². The van der Waals surface area contributed by atoms with Crippen molar-refractivity contribution in [2.24, 2.45) is 5.73 Å². The molecule has 1 atom stereocenters. The first kappa shape index (κ1) is 14.6. The third kappa shape index (κ3) is 2.71. The molecule has 1 aliphatic heterocycles. The molecule has 118 valence electrons. The van der Waals surface area contributed by atoms with Crippen LogP contribution < -0.4 is 11.1 Å². The molecule has 2 aromatic rings. The molecule has 6 nitrogen and oxygen atoms in total. The van der Waals surface area contributed by atoms with Gasteiger partial charge in [0.2, 0.25) is 5.89 Å². The van der Waals surface area contributed by atoms with Gasteiger partial charge in [-0.15, -0.1) is 0 Å². The van der Waals surface area contributed by atoms with Crippen LogP contribution in [0.15, 0.2) is 22.6 Å². The van der Waals surface area contributed by atoms with Crippen LogP contribution in [0.1, 0.15) is 11.5 Å². The first-order valence-electron chi connectivity index (χ1n) is 6.57. The minimum atomic E-state index is -4.45.